The van der Waals surface area contributed by atoms with Gasteiger partial charge in [0, 0.05) is 0 Å². The Morgan fingerprint density at radius 2 is 1.53 bits per heavy atom. The minimum absolute atomic E-state index is 0.0761. The van der Waals surface area contributed by atoms with Crippen molar-refractivity contribution in [1.82, 2.24) is 0 Å². The van der Waals surface area contributed by atoms with Crippen molar-refractivity contribution in [1.29, 1.82) is 0 Å². The molecule has 0 aromatic heterocycles. The van der Waals surface area contributed by atoms with E-state index in [-0.39, 0.29) is 22.2 Å². The predicted octanol–water partition coefficient (Wildman–Crippen LogP) is 6.20. The van der Waals surface area contributed by atoms with Crippen LogP contribution in [0.4, 0.5) is 0 Å². The summed E-state index contributed by atoms with van der Waals surface area (Å²) in [7, 11) is 0. The SMILES string of the molecule is CC1(C)CC[C@]2(C)CC[C@]3(C)C(=CC[C@@H]4[C@@]5(C)C[C@H](O)[C@H](O)[C@@](C)(C(=O)O)[C@@H]5CC[C@]43C)[C@@H]2C1. The highest BCUT2D eigenvalue weighted by Gasteiger charge is 2.70. The number of rotatable bonds is 1. The van der Waals surface area contributed by atoms with Crippen LogP contribution in [0, 0.1) is 50.2 Å². The number of carbonyl (C=O) groups is 1. The Morgan fingerprint density at radius 1 is 0.882 bits per heavy atom. The van der Waals surface area contributed by atoms with Gasteiger partial charge in [0.25, 0.3) is 0 Å². The van der Waals surface area contributed by atoms with Crippen molar-refractivity contribution < 1.29 is 20.1 Å². The van der Waals surface area contributed by atoms with E-state index in [4.69, 9.17) is 0 Å². The first-order valence-electron chi connectivity index (χ1n) is 13.9. The first-order valence-corrected chi connectivity index (χ1v) is 13.9. The number of aliphatic hydroxyl groups is 2. The molecule has 4 nitrogen and oxygen atoms in total. The Hall–Kier alpha value is -0.870. The van der Waals surface area contributed by atoms with Crippen molar-refractivity contribution in [3.05, 3.63) is 11.6 Å². The summed E-state index contributed by atoms with van der Waals surface area (Å²) in [6.07, 6.45) is 10.1. The zero-order valence-electron chi connectivity index (χ0n) is 22.6. The van der Waals surface area contributed by atoms with Crippen LogP contribution in [-0.4, -0.2) is 33.5 Å². The summed E-state index contributed by atoms with van der Waals surface area (Å²) < 4.78 is 0. The summed E-state index contributed by atoms with van der Waals surface area (Å²) in [5, 5.41) is 32.1. The highest BCUT2D eigenvalue weighted by molar-refractivity contribution is 5.76. The molecule has 4 fully saturated rings. The van der Waals surface area contributed by atoms with E-state index < -0.39 is 23.6 Å². The second kappa shape index (κ2) is 7.12. The lowest BCUT2D eigenvalue weighted by molar-refractivity contribution is -0.239. The van der Waals surface area contributed by atoms with Gasteiger partial charge >= 0.3 is 5.97 Å². The van der Waals surface area contributed by atoms with E-state index in [1.165, 1.54) is 32.1 Å². The van der Waals surface area contributed by atoms with E-state index in [1.807, 2.05) is 0 Å². The van der Waals surface area contributed by atoms with E-state index >= 15 is 0 Å². The fraction of sp³-hybridized carbons (Fsp3) is 0.900. The number of hydrogen-bond donors (Lipinski definition) is 3. The molecule has 0 heterocycles. The van der Waals surface area contributed by atoms with E-state index in [2.05, 4.69) is 47.6 Å². The quantitative estimate of drug-likeness (QED) is 0.397. The largest absolute Gasteiger partial charge is 0.481 e. The van der Waals surface area contributed by atoms with Gasteiger partial charge in [0.1, 0.15) is 0 Å². The summed E-state index contributed by atoms with van der Waals surface area (Å²) >= 11 is 0. The normalized spacial score (nSPS) is 56.3. The van der Waals surface area contributed by atoms with Crippen LogP contribution < -0.4 is 0 Å². The zero-order valence-corrected chi connectivity index (χ0v) is 22.6. The molecule has 0 amide bonds. The molecular weight excluding hydrogens is 424 g/mol. The van der Waals surface area contributed by atoms with E-state index in [0.717, 1.165) is 19.3 Å². The minimum Gasteiger partial charge on any atom is -0.481 e. The number of carboxylic acid groups (broad SMARTS) is 1. The third-order valence-corrected chi connectivity index (χ3v) is 13.1. The third-order valence-electron chi connectivity index (χ3n) is 13.1. The van der Waals surface area contributed by atoms with Crippen LogP contribution in [0.2, 0.25) is 0 Å². The molecule has 10 atom stereocenters. The molecular formula is C30H48O4. The number of fused-ring (bicyclic) bond motifs is 7. The van der Waals surface area contributed by atoms with Crippen molar-refractivity contribution >= 4 is 5.97 Å². The van der Waals surface area contributed by atoms with Crippen LogP contribution in [0.1, 0.15) is 106 Å². The monoisotopic (exact) mass is 472 g/mol. The van der Waals surface area contributed by atoms with E-state index in [9.17, 15) is 20.1 Å². The second-order valence-corrected chi connectivity index (χ2v) is 15.2. The van der Waals surface area contributed by atoms with Crippen molar-refractivity contribution in [3.63, 3.8) is 0 Å². The van der Waals surface area contributed by atoms with Gasteiger partial charge in [-0.3, -0.25) is 4.79 Å². The maximum absolute atomic E-state index is 12.5. The van der Waals surface area contributed by atoms with Crippen molar-refractivity contribution in [2.75, 3.05) is 0 Å². The molecule has 4 saturated carbocycles. The lowest BCUT2D eigenvalue weighted by atomic mass is 9.33. The summed E-state index contributed by atoms with van der Waals surface area (Å²) in [5.41, 5.74) is 1.06. The summed E-state index contributed by atoms with van der Waals surface area (Å²) in [6.45, 7) is 16.4. The predicted molar refractivity (Wildman–Crippen MR) is 134 cm³/mol. The smallest absolute Gasteiger partial charge is 0.312 e. The zero-order chi connectivity index (χ0) is 25.1. The molecule has 4 heteroatoms. The van der Waals surface area contributed by atoms with Gasteiger partial charge < -0.3 is 15.3 Å². The maximum Gasteiger partial charge on any atom is 0.312 e. The fourth-order valence-corrected chi connectivity index (χ4v) is 10.6. The lowest BCUT2D eigenvalue weighted by Crippen LogP contribution is -2.68. The number of aliphatic carboxylic acids is 1. The molecule has 0 aliphatic heterocycles. The van der Waals surface area contributed by atoms with Gasteiger partial charge in [0.05, 0.1) is 17.6 Å². The Morgan fingerprint density at radius 3 is 2.18 bits per heavy atom. The Bertz CT molecular complexity index is 923. The fourth-order valence-electron chi connectivity index (χ4n) is 10.6. The molecule has 34 heavy (non-hydrogen) atoms. The molecule has 5 aliphatic carbocycles. The average molecular weight is 473 g/mol. The van der Waals surface area contributed by atoms with Gasteiger partial charge in [-0.2, -0.15) is 0 Å². The Balaban J connectivity index is 1.60. The Kier molecular flexibility index (Phi) is 5.20. The van der Waals surface area contributed by atoms with Gasteiger partial charge in [-0.25, -0.2) is 0 Å². The van der Waals surface area contributed by atoms with Crippen LogP contribution in [0.15, 0.2) is 11.6 Å². The topological polar surface area (TPSA) is 77.8 Å². The van der Waals surface area contributed by atoms with Crippen LogP contribution in [0.25, 0.3) is 0 Å². The molecule has 3 N–H and O–H groups in total. The number of allylic oxidation sites excluding steroid dienone is 2. The molecule has 0 aromatic rings. The van der Waals surface area contributed by atoms with E-state index in [0.29, 0.717) is 29.1 Å². The van der Waals surface area contributed by atoms with Crippen LogP contribution in [-0.2, 0) is 4.79 Å². The highest BCUT2D eigenvalue weighted by atomic mass is 16.4. The van der Waals surface area contributed by atoms with Gasteiger partial charge in [-0.05, 0) is 110 Å². The molecule has 0 aromatic carbocycles. The van der Waals surface area contributed by atoms with Gasteiger partial charge in [-0.15, -0.1) is 0 Å². The minimum atomic E-state index is -1.31. The van der Waals surface area contributed by atoms with Gasteiger partial charge in [0.15, 0.2) is 0 Å². The van der Waals surface area contributed by atoms with Gasteiger partial charge in [0.2, 0.25) is 0 Å². The number of aliphatic hydroxyl groups excluding tert-OH is 2. The standard InChI is InChI=1S/C30H48O4/c1-25(2)12-13-26(3)14-15-28(5)18(19(26)16-25)8-9-21-27(4)17-20(31)23(32)30(7,24(33)34)22(27)10-11-29(21,28)6/h8,19-23,31-32H,9-17H2,1-7H3,(H,33,34)/t19-,20-,21+,22+,23-,26+,27+,28+,29+,30-/m0/s1. The molecule has 5 rings (SSSR count). The van der Waals surface area contributed by atoms with Crippen LogP contribution >= 0.6 is 0 Å². The summed E-state index contributed by atoms with van der Waals surface area (Å²) in [5.74, 6) is -0.139. The molecule has 5 aliphatic rings. The van der Waals surface area contributed by atoms with E-state index in [1.54, 1.807) is 12.5 Å². The van der Waals surface area contributed by atoms with Crippen LogP contribution in [0.5, 0.6) is 0 Å². The third kappa shape index (κ3) is 2.88. The highest BCUT2D eigenvalue weighted by Crippen LogP contribution is 2.75. The summed E-state index contributed by atoms with van der Waals surface area (Å²) in [4.78, 5) is 12.5. The molecule has 0 saturated heterocycles. The van der Waals surface area contributed by atoms with Crippen molar-refractivity contribution in [2.45, 2.75) is 118 Å². The molecule has 192 valence electrons. The van der Waals surface area contributed by atoms with Crippen molar-refractivity contribution in [3.8, 4) is 0 Å². The number of carboxylic acids is 1. The molecule has 0 spiro atoms. The second-order valence-electron chi connectivity index (χ2n) is 15.2. The number of hydrogen-bond acceptors (Lipinski definition) is 3. The molecule has 0 radical (unpaired) electrons. The lowest BCUT2D eigenvalue weighted by Gasteiger charge is -2.71. The van der Waals surface area contributed by atoms with Gasteiger partial charge in [-0.1, -0.05) is 53.2 Å². The van der Waals surface area contributed by atoms with Crippen molar-refractivity contribution in [2.24, 2.45) is 50.2 Å². The summed E-state index contributed by atoms with van der Waals surface area (Å²) in [6, 6.07) is 0. The Labute approximate surface area is 206 Å². The average Bonchev–Trinajstić information content (AvgIpc) is 2.73. The molecule has 0 bridgehead atoms. The first kappa shape index (κ1) is 24.8. The molecule has 0 unspecified atom stereocenters. The van der Waals surface area contributed by atoms with Crippen LogP contribution in [0.3, 0.4) is 0 Å². The maximum atomic E-state index is 12.5. The first-order chi connectivity index (χ1) is 15.6.